The summed E-state index contributed by atoms with van der Waals surface area (Å²) >= 11 is 0. The molecule has 28 heavy (non-hydrogen) atoms. The van der Waals surface area contributed by atoms with E-state index in [9.17, 15) is 9.18 Å². The molecule has 0 spiro atoms. The quantitative estimate of drug-likeness (QED) is 0.597. The van der Waals surface area contributed by atoms with E-state index in [1.165, 1.54) is 11.6 Å². The number of nitrogens with one attached hydrogen (secondary N) is 1. The molecule has 2 aromatic carbocycles. The van der Waals surface area contributed by atoms with Gasteiger partial charge in [0.2, 0.25) is 0 Å². The molecule has 0 saturated carbocycles. The van der Waals surface area contributed by atoms with Crippen molar-refractivity contribution >= 4 is 22.2 Å². The van der Waals surface area contributed by atoms with Crippen LogP contribution in [0.1, 0.15) is 5.56 Å². The number of H-pyrrole nitrogens is 1. The van der Waals surface area contributed by atoms with Crippen LogP contribution in [0.15, 0.2) is 65.6 Å². The maximum atomic E-state index is 13.5. The third kappa shape index (κ3) is 3.05. The molecule has 1 saturated heterocycles. The van der Waals surface area contributed by atoms with Crippen LogP contribution in [0.4, 0.5) is 10.1 Å². The van der Waals surface area contributed by atoms with Crippen molar-refractivity contribution in [1.82, 2.24) is 14.3 Å². The van der Waals surface area contributed by atoms with Crippen LogP contribution < -0.4 is 10.5 Å². The minimum atomic E-state index is -0.193. The van der Waals surface area contributed by atoms with Crippen molar-refractivity contribution in [2.75, 3.05) is 31.1 Å². The summed E-state index contributed by atoms with van der Waals surface area (Å²) in [4.78, 5) is 19.9. The van der Waals surface area contributed by atoms with Crippen LogP contribution in [0.25, 0.3) is 16.6 Å². The normalized spacial score (nSPS) is 15.5. The maximum absolute atomic E-state index is 13.5. The number of benzene rings is 2. The second kappa shape index (κ2) is 6.80. The summed E-state index contributed by atoms with van der Waals surface area (Å²) in [6, 6.07) is 16.5. The summed E-state index contributed by atoms with van der Waals surface area (Å²) in [7, 11) is 0. The molecule has 1 N–H and O–H groups in total. The highest BCUT2D eigenvalue weighted by molar-refractivity contribution is 5.80. The largest absolute Gasteiger partial charge is 0.369 e. The van der Waals surface area contributed by atoms with Crippen molar-refractivity contribution in [3.05, 3.63) is 82.5 Å². The highest BCUT2D eigenvalue weighted by Crippen LogP contribution is 2.20. The molecule has 5 rings (SSSR count). The summed E-state index contributed by atoms with van der Waals surface area (Å²) in [6.07, 6.45) is 2.10. The van der Waals surface area contributed by atoms with E-state index in [0.717, 1.165) is 49.6 Å². The van der Waals surface area contributed by atoms with Gasteiger partial charge in [0.15, 0.2) is 0 Å². The fraction of sp³-hybridized carbons (Fsp3) is 0.227. The van der Waals surface area contributed by atoms with E-state index >= 15 is 0 Å². The molecule has 1 aliphatic heterocycles. The number of piperazine rings is 1. The second-order valence-corrected chi connectivity index (χ2v) is 7.32. The van der Waals surface area contributed by atoms with Crippen LogP contribution in [-0.4, -0.2) is 40.5 Å². The van der Waals surface area contributed by atoms with Crippen LogP contribution in [0.3, 0.4) is 0 Å². The van der Waals surface area contributed by atoms with Crippen LogP contribution in [-0.2, 0) is 6.54 Å². The average Bonchev–Trinajstić information content (AvgIpc) is 3.11. The number of anilines is 1. The number of hydrogen-bond donors (Lipinski definition) is 1. The molecular weight excluding hydrogens is 355 g/mol. The Hall–Kier alpha value is -3.12. The number of fused-ring (bicyclic) bond motifs is 3. The Morgan fingerprint density at radius 1 is 0.964 bits per heavy atom. The van der Waals surface area contributed by atoms with E-state index in [2.05, 4.69) is 25.4 Å². The first-order valence-electron chi connectivity index (χ1n) is 9.52. The Morgan fingerprint density at radius 3 is 2.61 bits per heavy atom. The molecule has 142 valence electrons. The summed E-state index contributed by atoms with van der Waals surface area (Å²) in [5, 5.41) is 0.695. The molecule has 0 amide bonds. The van der Waals surface area contributed by atoms with Gasteiger partial charge < -0.3 is 14.3 Å². The lowest BCUT2D eigenvalue weighted by Crippen LogP contribution is -2.45. The number of rotatable bonds is 3. The van der Waals surface area contributed by atoms with Gasteiger partial charge in [-0.15, -0.1) is 0 Å². The predicted octanol–water partition coefficient (Wildman–Crippen LogP) is 3.24. The number of nitrogens with zero attached hydrogens (tertiary/aromatic N) is 3. The van der Waals surface area contributed by atoms with Gasteiger partial charge in [-0.1, -0.05) is 18.2 Å². The Balaban J connectivity index is 1.34. The number of aromatic amines is 1. The fourth-order valence-electron chi connectivity index (χ4n) is 4.05. The molecule has 0 atom stereocenters. The lowest BCUT2D eigenvalue weighted by molar-refractivity contribution is 0.250. The highest BCUT2D eigenvalue weighted by Gasteiger charge is 2.18. The van der Waals surface area contributed by atoms with Crippen molar-refractivity contribution < 1.29 is 4.39 Å². The van der Waals surface area contributed by atoms with Crippen molar-refractivity contribution in [2.45, 2.75) is 6.54 Å². The van der Waals surface area contributed by atoms with E-state index in [-0.39, 0.29) is 11.4 Å². The van der Waals surface area contributed by atoms with Crippen molar-refractivity contribution in [1.29, 1.82) is 0 Å². The Bertz CT molecular complexity index is 1200. The van der Waals surface area contributed by atoms with Gasteiger partial charge in [0, 0.05) is 44.6 Å². The smallest absolute Gasteiger partial charge is 0.258 e. The van der Waals surface area contributed by atoms with Gasteiger partial charge in [-0.3, -0.25) is 9.69 Å². The minimum Gasteiger partial charge on any atom is -0.369 e. The fourth-order valence-corrected chi connectivity index (χ4v) is 4.05. The molecule has 5 nitrogen and oxygen atoms in total. The lowest BCUT2D eigenvalue weighted by Gasteiger charge is -2.36. The lowest BCUT2D eigenvalue weighted by atomic mass is 10.2. The average molecular weight is 376 g/mol. The molecule has 4 aromatic rings. The first-order valence-corrected chi connectivity index (χ1v) is 9.52. The van der Waals surface area contributed by atoms with Crippen molar-refractivity contribution in [2.24, 2.45) is 0 Å². The Labute approximate surface area is 161 Å². The Morgan fingerprint density at radius 2 is 1.79 bits per heavy atom. The van der Waals surface area contributed by atoms with Gasteiger partial charge in [0.05, 0.1) is 10.9 Å². The number of hydrogen-bond acceptors (Lipinski definition) is 3. The monoisotopic (exact) mass is 376 g/mol. The van der Waals surface area contributed by atoms with E-state index in [1.807, 2.05) is 36.4 Å². The second-order valence-electron chi connectivity index (χ2n) is 7.32. The van der Waals surface area contributed by atoms with E-state index in [0.29, 0.717) is 5.39 Å². The van der Waals surface area contributed by atoms with Gasteiger partial charge in [0.25, 0.3) is 5.56 Å². The van der Waals surface area contributed by atoms with Crippen molar-refractivity contribution in [3.63, 3.8) is 0 Å². The zero-order valence-corrected chi connectivity index (χ0v) is 15.4. The Kier molecular flexibility index (Phi) is 4.13. The molecule has 0 aliphatic carbocycles. The summed E-state index contributed by atoms with van der Waals surface area (Å²) in [6.45, 7) is 4.40. The van der Waals surface area contributed by atoms with Crippen molar-refractivity contribution in [3.8, 4) is 0 Å². The molecule has 2 aromatic heterocycles. The van der Waals surface area contributed by atoms with Crippen LogP contribution in [0.2, 0.25) is 0 Å². The molecule has 3 heterocycles. The van der Waals surface area contributed by atoms with Gasteiger partial charge in [-0.2, -0.15) is 0 Å². The third-order valence-corrected chi connectivity index (χ3v) is 5.48. The summed E-state index contributed by atoms with van der Waals surface area (Å²) in [5.41, 5.74) is 3.79. The molecule has 1 fully saturated rings. The predicted molar refractivity (Wildman–Crippen MR) is 109 cm³/mol. The molecular formula is C22H21FN4O. The SMILES string of the molecule is O=c1[nH]c2cc(CN3CCN(c4cccc(F)c4)CC3)cn2c2ccccc12. The van der Waals surface area contributed by atoms with Crippen LogP contribution >= 0.6 is 0 Å². The van der Waals surface area contributed by atoms with Gasteiger partial charge >= 0.3 is 0 Å². The number of para-hydroxylation sites is 1. The van der Waals surface area contributed by atoms with Gasteiger partial charge in [-0.05, 0) is 42.0 Å². The molecule has 0 bridgehead atoms. The zero-order chi connectivity index (χ0) is 19.1. The topological polar surface area (TPSA) is 43.8 Å². The van der Waals surface area contributed by atoms with E-state index in [4.69, 9.17) is 0 Å². The first kappa shape index (κ1) is 17.0. The molecule has 0 radical (unpaired) electrons. The molecule has 1 aliphatic rings. The van der Waals surface area contributed by atoms with Crippen LogP contribution in [0.5, 0.6) is 0 Å². The summed E-state index contributed by atoms with van der Waals surface area (Å²) < 4.78 is 15.5. The summed E-state index contributed by atoms with van der Waals surface area (Å²) in [5.74, 6) is -0.193. The molecule has 0 unspecified atom stereocenters. The number of aromatic nitrogens is 2. The first-order chi connectivity index (χ1) is 13.7. The minimum absolute atomic E-state index is 0.0588. The highest BCUT2D eigenvalue weighted by atomic mass is 19.1. The van der Waals surface area contributed by atoms with Gasteiger partial charge in [0.1, 0.15) is 11.5 Å². The molecule has 6 heteroatoms. The van der Waals surface area contributed by atoms with Gasteiger partial charge in [-0.25, -0.2) is 4.39 Å². The van der Waals surface area contributed by atoms with E-state index < -0.39 is 0 Å². The van der Waals surface area contributed by atoms with E-state index in [1.54, 1.807) is 12.1 Å². The van der Waals surface area contributed by atoms with Crippen LogP contribution in [0, 0.1) is 5.82 Å². The standard InChI is InChI=1S/C22H21FN4O/c23-17-4-3-5-18(13-17)26-10-8-25(9-11-26)14-16-12-21-24-22(28)19-6-1-2-7-20(19)27(21)15-16/h1-7,12-13,15H,8-11,14H2,(H,24,28). The maximum Gasteiger partial charge on any atom is 0.258 e. The third-order valence-electron chi connectivity index (χ3n) is 5.48. The number of halogens is 1. The zero-order valence-electron chi connectivity index (χ0n) is 15.4.